The van der Waals surface area contributed by atoms with E-state index in [1.165, 1.54) is 6.07 Å². The minimum Gasteiger partial charge on any atom is -0.396 e. The van der Waals surface area contributed by atoms with Gasteiger partial charge in [-0.15, -0.1) is 0 Å². The Morgan fingerprint density at radius 2 is 2.04 bits per heavy atom. The van der Waals surface area contributed by atoms with Crippen molar-refractivity contribution < 1.29 is 13.9 Å². The van der Waals surface area contributed by atoms with Gasteiger partial charge in [-0.3, -0.25) is 4.90 Å². The van der Waals surface area contributed by atoms with Gasteiger partial charge in [-0.2, -0.15) is 0 Å². The van der Waals surface area contributed by atoms with Gasteiger partial charge in [0.15, 0.2) is 11.6 Å². The van der Waals surface area contributed by atoms with Crippen LogP contribution in [0.15, 0.2) is 36.5 Å². The molecule has 1 aromatic heterocycles. The van der Waals surface area contributed by atoms with Gasteiger partial charge in [0.1, 0.15) is 5.82 Å². The molecule has 2 heterocycles. The number of hydrogen-bond donors (Lipinski definition) is 1. The smallest absolute Gasteiger partial charge is 0.159 e. The molecular weight excluding hydrogens is 348 g/mol. The maximum absolute atomic E-state index is 13.4. The third-order valence-electron chi connectivity index (χ3n) is 4.48. The third-order valence-corrected chi connectivity index (χ3v) is 4.77. The largest absolute Gasteiger partial charge is 0.396 e. The van der Waals surface area contributed by atoms with Gasteiger partial charge in [0.25, 0.3) is 0 Å². The van der Waals surface area contributed by atoms with Crippen LogP contribution in [0.5, 0.6) is 0 Å². The van der Waals surface area contributed by atoms with Gasteiger partial charge in [-0.05, 0) is 36.2 Å². The zero-order valence-corrected chi connectivity index (χ0v) is 14.5. The highest BCUT2D eigenvalue weighted by Crippen LogP contribution is 2.26. The van der Waals surface area contributed by atoms with Crippen molar-refractivity contribution in [1.82, 2.24) is 9.88 Å². The standard InChI is InChI=1S/C18H20ClF2N3O/c19-15-2-1-6-22-18(15)24-8-7-23(14(12-24)5-9-25)11-13-3-4-16(20)17(21)10-13/h1-4,6,10,14,25H,5,7-9,11-12H2/t14-/m0/s1. The fourth-order valence-corrected chi connectivity index (χ4v) is 3.44. The number of benzene rings is 1. The number of aromatic nitrogens is 1. The Bertz CT molecular complexity index is 731. The summed E-state index contributed by atoms with van der Waals surface area (Å²) >= 11 is 6.24. The predicted molar refractivity (Wildman–Crippen MR) is 93.7 cm³/mol. The number of aliphatic hydroxyl groups is 1. The van der Waals surface area contributed by atoms with E-state index >= 15 is 0 Å². The fourth-order valence-electron chi connectivity index (χ4n) is 3.20. The maximum atomic E-state index is 13.4. The monoisotopic (exact) mass is 367 g/mol. The SMILES string of the molecule is OCC[C@H]1CN(c2ncccc2Cl)CCN1Cc1ccc(F)c(F)c1. The Labute approximate surface area is 150 Å². The van der Waals surface area contributed by atoms with Crippen LogP contribution in [-0.2, 0) is 6.54 Å². The molecule has 1 fully saturated rings. The molecule has 7 heteroatoms. The summed E-state index contributed by atoms with van der Waals surface area (Å²) in [5.74, 6) is -0.944. The van der Waals surface area contributed by atoms with E-state index in [0.29, 0.717) is 30.1 Å². The summed E-state index contributed by atoms with van der Waals surface area (Å²) in [5, 5.41) is 9.99. The van der Waals surface area contributed by atoms with Crippen molar-refractivity contribution in [2.24, 2.45) is 0 Å². The molecule has 0 radical (unpaired) electrons. The highest BCUT2D eigenvalue weighted by molar-refractivity contribution is 6.32. The first-order valence-corrected chi connectivity index (χ1v) is 8.60. The Hall–Kier alpha value is -1.76. The van der Waals surface area contributed by atoms with Crippen molar-refractivity contribution in [1.29, 1.82) is 0 Å². The molecule has 1 saturated heterocycles. The van der Waals surface area contributed by atoms with E-state index in [4.69, 9.17) is 11.6 Å². The van der Waals surface area contributed by atoms with Crippen molar-refractivity contribution in [2.75, 3.05) is 31.1 Å². The van der Waals surface area contributed by atoms with Gasteiger partial charge >= 0.3 is 0 Å². The number of aliphatic hydroxyl groups excluding tert-OH is 1. The molecule has 3 rings (SSSR count). The molecule has 0 spiro atoms. The van der Waals surface area contributed by atoms with E-state index in [2.05, 4.69) is 14.8 Å². The van der Waals surface area contributed by atoms with Gasteiger partial charge in [0.05, 0.1) is 5.02 Å². The van der Waals surface area contributed by atoms with Gasteiger partial charge in [-0.1, -0.05) is 17.7 Å². The van der Waals surface area contributed by atoms with Gasteiger partial charge in [-0.25, -0.2) is 13.8 Å². The Balaban J connectivity index is 1.73. The molecule has 0 bridgehead atoms. The van der Waals surface area contributed by atoms with Gasteiger partial charge < -0.3 is 10.0 Å². The molecule has 1 aliphatic heterocycles. The normalized spacial score (nSPS) is 18.6. The summed E-state index contributed by atoms with van der Waals surface area (Å²) in [7, 11) is 0. The topological polar surface area (TPSA) is 39.6 Å². The first-order chi connectivity index (χ1) is 12.1. The molecule has 2 aromatic rings. The minimum atomic E-state index is -0.842. The molecule has 0 amide bonds. The van der Waals surface area contributed by atoms with E-state index < -0.39 is 11.6 Å². The van der Waals surface area contributed by atoms with Gasteiger partial charge in [0.2, 0.25) is 0 Å². The molecule has 1 atom stereocenters. The van der Waals surface area contributed by atoms with E-state index in [9.17, 15) is 13.9 Å². The summed E-state index contributed by atoms with van der Waals surface area (Å²) in [6.45, 7) is 2.67. The summed E-state index contributed by atoms with van der Waals surface area (Å²) in [6, 6.07) is 7.64. The van der Waals surface area contributed by atoms with Crippen LogP contribution in [0.1, 0.15) is 12.0 Å². The number of hydrogen-bond acceptors (Lipinski definition) is 4. The minimum absolute atomic E-state index is 0.0583. The van der Waals surface area contributed by atoms with Crippen LogP contribution in [0, 0.1) is 11.6 Å². The van der Waals surface area contributed by atoms with Crippen molar-refractivity contribution in [2.45, 2.75) is 19.0 Å². The molecule has 0 aliphatic carbocycles. The molecule has 134 valence electrons. The van der Waals surface area contributed by atoms with E-state index in [0.717, 1.165) is 25.0 Å². The quantitative estimate of drug-likeness (QED) is 0.881. The lowest BCUT2D eigenvalue weighted by Gasteiger charge is -2.42. The lowest BCUT2D eigenvalue weighted by atomic mass is 10.1. The molecule has 25 heavy (non-hydrogen) atoms. The fraction of sp³-hybridized carbons (Fsp3) is 0.389. The van der Waals surface area contributed by atoms with Crippen molar-refractivity contribution >= 4 is 17.4 Å². The van der Waals surface area contributed by atoms with Crippen molar-refractivity contribution in [3.8, 4) is 0 Å². The third kappa shape index (κ3) is 4.26. The molecule has 1 aromatic carbocycles. The first kappa shape index (κ1) is 18.0. The molecule has 1 N–H and O–H groups in total. The predicted octanol–water partition coefficient (Wildman–Crippen LogP) is 3.09. The lowest BCUT2D eigenvalue weighted by Crippen LogP contribution is -2.53. The Morgan fingerprint density at radius 1 is 1.20 bits per heavy atom. The van der Waals surface area contributed by atoms with Crippen molar-refractivity contribution in [3.05, 3.63) is 58.7 Å². The molecule has 0 saturated carbocycles. The average Bonchev–Trinajstić information content (AvgIpc) is 2.60. The zero-order chi connectivity index (χ0) is 17.8. The molecule has 4 nitrogen and oxygen atoms in total. The van der Waals surface area contributed by atoms with Crippen LogP contribution < -0.4 is 4.90 Å². The van der Waals surface area contributed by atoms with Crippen LogP contribution in [0.25, 0.3) is 0 Å². The maximum Gasteiger partial charge on any atom is 0.159 e. The van der Waals surface area contributed by atoms with Crippen molar-refractivity contribution in [3.63, 3.8) is 0 Å². The summed E-state index contributed by atoms with van der Waals surface area (Å²) < 4.78 is 26.5. The Morgan fingerprint density at radius 3 is 2.76 bits per heavy atom. The van der Waals surface area contributed by atoms with Crippen LogP contribution in [0.2, 0.25) is 5.02 Å². The summed E-state index contributed by atoms with van der Waals surface area (Å²) in [6.07, 6.45) is 2.29. The average molecular weight is 368 g/mol. The number of nitrogens with zero attached hydrogens (tertiary/aromatic N) is 3. The van der Waals surface area contributed by atoms with Crippen LogP contribution in [-0.4, -0.2) is 47.3 Å². The van der Waals surface area contributed by atoms with Crippen LogP contribution >= 0.6 is 11.6 Å². The summed E-state index contributed by atoms with van der Waals surface area (Å²) in [5.41, 5.74) is 0.714. The second kappa shape index (κ2) is 8.08. The zero-order valence-electron chi connectivity index (χ0n) is 13.7. The highest BCUT2D eigenvalue weighted by atomic mass is 35.5. The number of piperazine rings is 1. The lowest BCUT2D eigenvalue weighted by molar-refractivity contribution is 0.135. The summed E-state index contributed by atoms with van der Waals surface area (Å²) in [4.78, 5) is 8.63. The van der Waals surface area contributed by atoms with E-state index in [1.807, 2.05) is 0 Å². The van der Waals surface area contributed by atoms with Crippen LogP contribution in [0.3, 0.4) is 0 Å². The number of halogens is 3. The number of pyridine rings is 1. The Kier molecular flexibility index (Phi) is 5.83. The molecular formula is C18H20ClF2N3O. The van der Waals surface area contributed by atoms with E-state index in [-0.39, 0.29) is 12.6 Å². The number of anilines is 1. The van der Waals surface area contributed by atoms with Gasteiger partial charge in [0, 0.05) is 45.0 Å². The first-order valence-electron chi connectivity index (χ1n) is 8.23. The molecule has 1 aliphatic rings. The second-order valence-corrected chi connectivity index (χ2v) is 6.55. The van der Waals surface area contributed by atoms with E-state index in [1.54, 1.807) is 24.4 Å². The molecule has 0 unspecified atom stereocenters. The highest BCUT2D eigenvalue weighted by Gasteiger charge is 2.28. The second-order valence-electron chi connectivity index (χ2n) is 6.14. The van der Waals surface area contributed by atoms with Crippen LogP contribution in [0.4, 0.5) is 14.6 Å². The number of rotatable bonds is 5.